The largest absolute Gasteiger partial charge is 0.480 e. The molecule has 22 heavy (non-hydrogen) atoms. The SMILES string of the molecule is CC(C)C[C@@H](NC(=O)CSc1ccc([N+](=O)[O-])cc1)C(=O)O. The first-order chi connectivity index (χ1) is 10.3. The zero-order valence-corrected chi connectivity index (χ0v) is 13.1. The maximum absolute atomic E-state index is 11.8. The number of aliphatic carboxylic acids is 1. The van der Waals surface area contributed by atoms with Crippen LogP contribution in [0.15, 0.2) is 29.2 Å². The first-order valence-corrected chi connectivity index (χ1v) is 7.67. The first kappa shape index (κ1) is 18.0. The molecule has 0 aliphatic heterocycles. The Balaban J connectivity index is 2.51. The molecule has 1 aromatic rings. The van der Waals surface area contributed by atoms with Crippen LogP contribution in [0.25, 0.3) is 0 Å². The zero-order valence-electron chi connectivity index (χ0n) is 12.3. The molecular weight excluding hydrogens is 308 g/mol. The van der Waals surface area contributed by atoms with Gasteiger partial charge in [0.1, 0.15) is 6.04 Å². The normalized spacial score (nSPS) is 12.0. The van der Waals surface area contributed by atoms with Crippen molar-refractivity contribution < 1.29 is 19.6 Å². The van der Waals surface area contributed by atoms with E-state index in [1.807, 2.05) is 13.8 Å². The molecule has 1 amide bonds. The molecule has 7 nitrogen and oxygen atoms in total. The average molecular weight is 326 g/mol. The molecule has 0 aromatic heterocycles. The summed E-state index contributed by atoms with van der Waals surface area (Å²) in [6, 6.07) is 4.93. The van der Waals surface area contributed by atoms with Crippen LogP contribution in [-0.2, 0) is 9.59 Å². The van der Waals surface area contributed by atoms with E-state index in [0.29, 0.717) is 11.3 Å². The molecule has 120 valence electrons. The average Bonchev–Trinajstić information content (AvgIpc) is 2.44. The highest BCUT2D eigenvalue weighted by molar-refractivity contribution is 8.00. The fourth-order valence-corrected chi connectivity index (χ4v) is 2.45. The minimum Gasteiger partial charge on any atom is -0.480 e. The molecule has 0 bridgehead atoms. The highest BCUT2D eigenvalue weighted by Crippen LogP contribution is 2.21. The Morgan fingerprint density at radius 3 is 2.36 bits per heavy atom. The quantitative estimate of drug-likeness (QED) is 0.431. The summed E-state index contributed by atoms with van der Waals surface area (Å²) in [5.74, 6) is -1.22. The number of nitrogens with one attached hydrogen (secondary N) is 1. The van der Waals surface area contributed by atoms with Gasteiger partial charge in [-0.15, -0.1) is 11.8 Å². The molecule has 0 fully saturated rings. The van der Waals surface area contributed by atoms with E-state index in [0.717, 1.165) is 0 Å². The van der Waals surface area contributed by atoms with Gasteiger partial charge in [0.05, 0.1) is 10.7 Å². The van der Waals surface area contributed by atoms with E-state index in [-0.39, 0.29) is 23.3 Å². The Morgan fingerprint density at radius 2 is 1.91 bits per heavy atom. The van der Waals surface area contributed by atoms with Crippen molar-refractivity contribution in [2.45, 2.75) is 31.2 Å². The van der Waals surface area contributed by atoms with Crippen LogP contribution in [0, 0.1) is 16.0 Å². The monoisotopic (exact) mass is 326 g/mol. The predicted octanol–water partition coefficient (Wildman–Crippen LogP) is 2.30. The van der Waals surface area contributed by atoms with Crippen LogP contribution < -0.4 is 5.32 Å². The Kier molecular flexibility index (Phi) is 6.84. The third kappa shape index (κ3) is 6.13. The van der Waals surface area contributed by atoms with E-state index < -0.39 is 16.9 Å². The number of non-ortho nitro benzene ring substituents is 1. The number of carbonyl (C=O) groups excluding carboxylic acids is 1. The van der Waals surface area contributed by atoms with Gasteiger partial charge >= 0.3 is 5.97 Å². The molecule has 1 rings (SSSR count). The molecule has 0 unspecified atom stereocenters. The van der Waals surface area contributed by atoms with Crippen molar-refractivity contribution in [3.8, 4) is 0 Å². The molecule has 0 radical (unpaired) electrons. The fourth-order valence-electron chi connectivity index (χ4n) is 1.74. The molecule has 1 atom stereocenters. The van der Waals surface area contributed by atoms with Gasteiger partial charge in [-0.25, -0.2) is 4.79 Å². The number of thioether (sulfide) groups is 1. The van der Waals surface area contributed by atoms with E-state index in [2.05, 4.69) is 5.32 Å². The molecule has 0 aliphatic rings. The van der Waals surface area contributed by atoms with E-state index >= 15 is 0 Å². The minimum atomic E-state index is -1.05. The topological polar surface area (TPSA) is 110 Å². The third-order valence-corrected chi connectivity index (χ3v) is 3.77. The number of carboxylic acid groups (broad SMARTS) is 1. The number of carboxylic acids is 1. The molecular formula is C14H18N2O5S. The summed E-state index contributed by atoms with van der Waals surface area (Å²) in [6.07, 6.45) is 0.364. The van der Waals surface area contributed by atoms with Gasteiger partial charge in [-0.2, -0.15) is 0 Å². The Morgan fingerprint density at radius 1 is 1.32 bits per heavy atom. The lowest BCUT2D eigenvalue weighted by atomic mass is 10.0. The smallest absolute Gasteiger partial charge is 0.326 e. The van der Waals surface area contributed by atoms with E-state index in [1.54, 1.807) is 12.1 Å². The lowest BCUT2D eigenvalue weighted by molar-refractivity contribution is -0.384. The molecule has 0 saturated carbocycles. The lowest BCUT2D eigenvalue weighted by Crippen LogP contribution is -2.42. The van der Waals surface area contributed by atoms with Gasteiger partial charge in [0.15, 0.2) is 0 Å². The Bertz CT molecular complexity index is 545. The maximum atomic E-state index is 11.8. The number of nitro groups is 1. The van der Waals surface area contributed by atoms with Gasteiger partial charge in [-0.05, 0) is 24.5 Å². The van der Waals surface area contributed by atoms with Crippen LogP contribution in [0.3, 0.4) is 0 Å². The fraction of sp³-hybridized carbons (Fsp3) is 0.429. The van der Waals surface area contributed by atoms with E-state index in [1.165, 1.54) is 23.9 Å². The van der Waals surface area contributed by atoms with Gasteiger partial charge in [-0.1, -0.05) is 13.8 Å². The second-order valence-electron chi connectivity index (χ2n) is 5.13. The number of amides is 1. The van der Waals surface area contributed by atoms with Crippen molar-refractivity contribution in [2.75, 3.05) is 5.75 Å². The summed E-state index contributed by atoms with van der Waals surface area (Å²) < 4.78 is 0. The number of nitro benzene ring substituents is 1. The highest BCUT2D eigenvalue weighted by Gasteiger charge is 2.20. The number of carbonyl (C=O) groups is 2. The van der Waals surface area contributed by atoms with Crippen LogP contribution in [0.2, 0.25) is 0 Å². The van der Waals surface area contributed by atoms with Crippen molar-refractivity contribution in [2.24, 2.45) is 5.92 Å². The maximum Gasteiger partial charge on any atom is 0.326 e. The molecule has 1 aromatic carbocycles. The van der Waals surface area contributed by atoms with Gasteiger partial charge in [0.2, 0.25) is 5.91 Å². The van der Waals surface area contributed by atoms with E-state index in [4.69, 9.17) is 5.11 Å². The summed E-state index contributed by atoms with van der Waals surface area (Å²) in [5, 5.41) is 22.1. The number of nitrogens with zero attached hydrogens (tertiary/aromatic N) is 1. The molecule has 0 saturated heterocycles. The summed E-state index contributed by atoms with van der Waals surface area (Å²) in [6.45, 7) is 3.77. The molecule has 0 heterocycles. The summed E-state index contributed by atoms with van der Waals surface area (Å²) in [5.41, 5.74) is -0.0170. The minimum absolute atomic E-state index is 0.0170. The van der Waals surface area contributed by atoms with Crippen molar-refractivity contribution in [3.05, 3.63) is 34.4 Å². The standard InChI is InChI=1S/C14H18N2O5S/c1-9(2)7-12(14(18)19)15-13(17)8-22-11-5-3-10(4-6-11)16(20)21/h3-6,9,12H,7-8H2,1-2H3,(H,15,17)(H,18,19)/t12-/m1/s1. The van der Waals surface area contributed by atoms with Crippen molar-refractivity contribution in [3.63, 3.8) is 0 Å². The number of rotatable bonds is 8. The van der Waals surface area contributed by atoms with Crippen LogP contribution >= 0.6 is 11.8 Å². The van der Waals surface area contributed by atoms with Gasteiger partial charge < -0.3 is 10.4 Å². The second-order valence-corrected chi connectivity index (χ2v) is 6.18. The number of hydrogen-bond acceptors (Lipinski definition) is 5. The summed E-state index contributed by atoms with van der Waals surface area (Å²) in [4.78, 5) is 33.6. The summed E-state index contributed by atoms with van der Waals surface area (Å²) in [7, 11) is 0. The first-order valence-electron chi connectivity index (χ1n) is 6.69. The predicted molar refractivity (Wildman–Crippen MR) is 82.8 cm³/mol. The molecule has 0 aliphatic carbocycles. The lowest BCUT2D eigenvalue weighted by Gasteiger charge is -2.16. The second kappa shape index (κ2) is 8.38. The van der Waals surface area contributed by atoms with Gasteiger partial charge in [-0.3, -0.25) is 14.9 Å². The molecule has 2 N–H and O–H groups in total. The van der Waals surface area contributed by atoms with Crippen LogP contribution in [-0.4, -0.2) is 33.7 Å². The van der Waals surface area contributed by atoms with Gasteiger partial charge in [0.25, 0.3) is 5.69 Å². The van der Waals surface area contributed by atoms with Crippen LogP contribution in [0.5, 0.6) is 0 Å². The molecule has 8 heteroatoms. The Hall–Kier alpha value is -2.09. The number of hydrogen-bond donors (Lipinski definition) is 2. The van der Waals surface area contributed by atoms with Gasteiger partial charge in [0, 0.05) is 17.0 Å². The van der Waals surface area contributed by atoms with Crippen molar-refractivity contribution in [1.29, 1.82) is 0 Å². The number of benzene rings is 1. The van der Waals surface area contributed by atoms with Crippen molar-refractivity contribution in [1.82, 2.24) is 5.32 Å². The van der Waals surface area contributed by atoms with Crippen LogP contribution in [0.1, 0.15) is 20.3 Å². The van der Waals surface area contributed by atoms with E-state index in [9.17, 15) is 19.7 Å². The molecule has 0 spiro atoms. The Labute approximate surface area is 132 Å². The third-order valence-electron chi connectivity index (χ3n) is 2.76. The van der Waals surface area contributed by atoms with Crippen LogP contribution in [0.4, 0.5) is 5.69 Å². The van der Waals surface area contributed by atoms with Crippen molar-refractivity contribution >= 4 is 29.3 Å². The zero-order chi connectivity index (χ0) is 16.7. The summed E-state index contributed by atoms with van der Waals surface area (Å²) >= 11 is 1.19. The highest BCUT2D eigenvalue weighted by atomic mass is 32.2.